The van der Waals surface area contributed by atoms with Crippen LogP contribution in [0.5, 0.6) is 0 Å². The van der Waals surface area contributed by atoms with E-state index in [1.165, 1.54) is 12.0 Å². The van der Waals surface area contributed by atoms with Crippen molar-refractivity contribution in [2.24, 2.45) is 17.8 Å². The molecule has 14 heteroatoms. The van der Waals surface area contributed by atoms with E-state index in [2.05, 4.69) is 5.32 Å². The lowest BCUT2D eigenvalue weighted by Crippen LogP contribution is -2.61. The van der Waals surface area contributed by atoms with Gasteiger partial charge in [0.15, 0.2) is 12.6 Å². The predicted octanol–water partition coefficient (Wildman–Crippen LogP) is 1.42. The van der Waals surface area contributed by atoms with Gasteiger partial charge < -0.3 is 54.1 Å². The van der Waals surface area contributed by atoms with Gasteiger partial charge >= 0.3 is 0 Å². The summed E-state index contributed by atoms with van der Waals surface area (Å²) in [5, 5.41) is 37.6. The van der Waals surface area contributed by atoms with E-state index in [9.17, 15) is 29.7 Å². The molecule has 0 unspecified atom stereocenters. The maximum absolute atomic E-state index is 13.7. The van der Waals surface area contributed by atoms with E-state index in [4.69, 9.17) is 23.7 Å². The van der Waals surface area contributed by atoms with Gasteiger partial charge in [0.1, 0.15) is 12.2 Å². The van der Waals surface area contributed by atoms with E-state index in [0.717, 1.165) is 0 Å². The van der Waals surface area contributed by atoms with Crippen molar-refractivity contribution in [3.8, 4) is 0 Å². The summed E-state index contributed by atoms with van der Waals surface area (Å²) >= 11 is 0. The third-order valence-electron chi connectivity index (χ3n) is 10.8. The van der Waals surface area contributed by atoms with Gasteiger partial charge in [-0.05, 0) is 46.5 Å². The molecule has 49 heavy (non-hydrogen) atoms. The van der Waals surface area contributed by atoms with E-state index < -0.39 is 72.2 Å². The largest absolute Gasteiger partial charge is 0.387 e. The molecule has 3 fully saturated rings. The van der Waals surface area contributed by atoms with E-state index in [1.807, 2.05) is 20.8 Å². The van der Waals surface area contributed by atoms with Crippen LogP contribution >= 0.6 is 0 Å². The first-order valence-electron chi connectivity index (χ1n) is 17.8. The highest BCUT2D eigenvalue weighted by atomic mass is 16.7. The normalized spacial score (nSPS) is 43.4. The summed E-state index contributed by atoms with van der Waals surface area (Å²) < 4.78 is 31.2. The average molecular weight is 702 g/mol. The second-order valence-electron chi connectivity index (χ2n) is 15.2. The second kappa shape index (κ2) is 17.1. The van der Waals surface area contributed by atoms with Gasteiger partial charge in [-0.2, -0.15) is 0 Å². The fourth-order valence-corrected chi connectivity index (χ4v) is 7.83. The summed E-state index contributed by atoms with van der Waals surface area (Å²) in [7, 11) is 4.85. The lowest BCUT2D eigenvalue weighted by molar-refractivity contribution is -0.317. The molecule has 0 bridgehead atoms. The van der Waals surface area contributed by atoms with Crippen LogP contribution < -0.4 is 5.32 Å². The minimum absolute atomic E-state index is 0.115. The van der Waals surface area contributed by atoms with Crippen LogP contribution in [0.2, 0.25) is 0 Å². The molecule has 284 valence electrons. The van der Waals surface area contributed by atoms with Gasteiger partial charge in [0.2, 0.25) is 17.7 Å². The van der Waals surface area contributed by atoms with Gasteiger partial charge in [-0.25, -0.2) is 0 Å². The highest BCUT2D eigenvalue weighted by Gasteiger charge is 2.51. The highest BCUT2D eigenvalue weighted by Crippen LogP contribution is 2.39. The highest BCUT2D eigenvalue weighted by molar-refractivity contribution is 5.80. The minimum Gasteiger partial charge on any atom is -0.387 e. The van der Waals surface area contributed by atoms with Crippen LogP contribution in [-0.4, -0.2) is 144 Å². The Kier molecular flexibility index (Phi) is 14.5. The van der Waals surface area contributed by atoms with Crippen molar-refractivity contribution in [2.45, 2.75) is 154 Å². The van der Waals surface area contributed by atoms with Crippen molar-refractivity contribution >= 4 is 17.7 Å². The molecule has 0 aliphatic carbocycles. The Morgan fingerprint density at radius 1 is 1.08 bits per heavy atom. The summed E-state index contributed by atoms with van der Waals surface area (Å²) in [6.45, 7) is 14.7. The first-order valence-corrected chi connectivity index (χ1v) is 17.8. The molecule has 3 aliphatic rings. The standard InChI is InChI=1S/C35H63N3O11/c1-12-25(39)38(10)24-15-20(3)46-33(28(24)41)49-31-21(4)29(48-27-17-35(8,45-11)30(42)23(6)47-27)22(5)32(43)36-14-13-26(40)37(9)18-19(2)16-34(31,7)44/h19-24,27-31,33,41-42,44H,12-18H2,1-11H3,(H,36,43)/t19-,20-,21+,22-,23+,24+,27+,28-,29+,30+,31-,33+,34-,35-/m1/s1. The van der Waals surface area contributed by atoms with Gasteiger partial charge in [-0.15, -0.1) is 0 Å². The van der Waals surface area contributed by atoms with E-state index in [1.54, 1.807) is 53.6 Å². The molecule has 3 amide bonds. The smallest absolute Gasteiger partial charge is 0.225 e. The SMILES string of the molecule is CCC(=O)N(C)[C@H]1C[C@@H](C)O[C@@H](O[C@@H]2[C@@H](C)[C@H](O[C@H]3C[C@@](C)(OC)[C@@H](O)[C@H](C)O3)[C@@H](C)C(=O)NCCC(=O)N(C)C[C@H](C)C[C@@]2(C)O)[C@@H]1O. The van der Waals surface area contributed by atoms with Gasteiger partial charge in [-0.1, -0.05) is 27.7 Å². The molecule has 0 aromatic rings. The van der Waals surface area contributed by atoms with Crippen molar-refractivity contribution in [1.29, 1.82) is 0 Å². The summed E-state index contributed by atoms with van der Waals surface area (Å²) in [6.07, 6.45) is -6.15. The van der Waals surface area contributed by atoms with Crippen molar-refractivity contribution in [3.63, 3.8) is 0 Å². The molecule has 0 aromatic heterocycles. The molecule has 3 rings (SSSR count). The molecule has 4 N–H and O–H groups in total. The number of hydrogen-bond acceptors (Lipinski definition) is 11. The molecule has 0 spiro atoms. The number of methoxy groups -OCH3 is 1. The van der Waals surface area contributed by atoms with E-state index in [0.29, 0.717) is 13.0 Å². The second-order valence-corrected chi connectivity index (χ2v) is 15.2. The number of aliphatic hydroxyl groups is 3. The summed E-state index contributed by atoms with van der Waals surface area (Å²) in [5.41, 5.74) is -2.57. The van der Waals surface area contributed by atoms with Gasteiger partial charge in [-0.3, -0.25) is 14.4 Å². The molecule has 0 saturated carbocycles. The zero-order valence-electron chi connectivity index (χ0n) is 31.4. The van der Waals surface area contributed by atoms with Crippen LogP contribution in [0.1, 0.15) is 87.5 Å². The van der Waals surface area contributed by atoms with Gasteiger partial charge in [0.25, 0.3) is 0 Å². The zero-order chi connectivity index (χ0) is 37.0. The molecule has 3 heterocycles. The molecular weight excluding hydrogens is 638 g/mol. The van der Waals surface area contributed by atoms with Crippen LogP contribution in [0.4, 0.5) is 0 Å². The van der Waals surface area contributed by atoms with Crippen LogP contribution in [0.25, 0.3) is 0 Å². The Morgan fingerprint density at radius 3 is 2.35 bits per heavy atom. The Hall–Kier alpha value is -1.91. The third kappa shape index (κ3) is 9.91. The fourth-order valence-electron chi connectivity index (χ4n) is 7.83. The Morgan fingerprint density at radius 2 is 1.73 bits per heavy atom. The van der Waals surface area contributed by atoms with Crippen LogP contribution in [0, 0.1) is 17.8 Å². The predicted molar refractivity (Wildman–Crippen MR) is 180 cm³/mol. The lowest BCUT2D eigenvalue weighted by atomic mass is 9.77. The molecule has 14 atom stereocenters. The number of carbonyl (C=O) groups is 3. The number of rotatable bonds is 7. The number of hydrogen-bond donors (Lipinski definition) is 4. The quantitative estimate of drug-likeness (QED) is 0.302. The molecular formula is C35H63N3O11. The van der Waals surface area contributed by atoms with Gasteiger partial charge in [0.05, 0.1) is 47.6 Å². The van der Waals surface area contributed by atoms with E-state index in [-0.39, 0.29) is 62.0 Å². The number of likely N-dealkylation sites (N-methyl/N-ethyl adjacent to an activating group) is 1. The number of nitrogens with zero attached hydrogens (tertiary/aromatic N) is 2. The Labute approximate surface area is 292 Å². The first kappa shape index (κ1) is 41.5. The maximum atomic E-state index is 13.7. The first-order chi connectivity index (χ1) is 22.8. The number of carbonyl (C=O) groups excluding carboxylic acids is 3. The summed E-state index contributed by atoms with van der Waals surface area (Å²) in [4.78, 5) is 42.3. The Balaban J connectivity index is 2.07. The Bertz CT molecular complexity index is 1130. The van der Waals surface area contributed by atoms with Crippen molar-refractivity contribution in [1.82, 2.24) is 15.1 Å². The molecule has 0 radical (unpaired) electrons. The van der Waals surface area contributed by atoms with E-state index >= 15 is 0 Å². The van der Waals surface area contributed by atoms with Gasteiger partial charge in [0, 0.05) is 59.5 Å². The molecule has 3 saturated heterocycles. The lowest BCUT2D eigenvalue weighted by Gasteiger charge is -2.49. The van der Waals surface area contributed by atoms with Crippen molar-refractivity contribution in [3.05, 3.63) is 0 Å². The molecule has 14 nitrogen and oxygen atoms in total. The average Bonchev–Trinajstić information content (AvgIpc) is 3.03. The number of nitrogens with one attached hydrogen (secondary N) is 1. The fraction of sp³-hybridized carbons (Fsp3) is 0.914. The van der Waals surface area contributed by atoms with Crippen molar-refractivity contribution in [2.75, 3.05) is 34.3 Å². The maximum Gasteiger partial charge on any atom is 0.225 e. The van der Waals surface area contributed by atoms with Crippen molar-refractivity contribution < 1.29 is 53.4 Å². The summed E-state index contributed by atoms with van der Waals surface area (Å²) in [5.74, 6) is -2.33. The number of ether oxygens (including phenoxy) is 5. The topological polar surface area (TPSA) is 177 Å². The van der Waals surface area contributed by atoms with Crippen LogP contribution in [0.15, 0.2) is 0 Å². The summed E-state index contributed by atoms with van der Waals surface area (Å²) in [6, 6.07) is -0.592. The number of aliphatic hydroxyl groups excluding tert-OH is 2. The molecule has 3 aliphatic heterocycles. The zero-order valence-corrected chi connectivity index (χ0v) is 31.4. The number of amides is 3. The molecule has 0 aromatic carbocycles. The minimum atomic E-state index is -1.58. The monoisotopic (exact) mass is 701 g/mol. The van der Waals surface area contributed by atoms with Crippen LogP contribution in [-0.2, 0) is 38.1 Å². The van der Waals surface area contributed by atoms with Crippen LogP contribution in [0.3, 0.4) is 0 Å². The third-order valence-corrected chi connectivity index (χ3v) is 10.8.